The molecule has 2 heterocycles. The van der Waals surface area contributed by atoms with Gasteiger partial charge in [-0.2, -0.15) is 0 Å². The summed E-state index contributed by atoms with van der Waals surface area (Å²) in [6.45, 7) is 1.80. The highest BCUT2D eigenvalue weighted by Crippen LogP contribution is 2.26. The minimum absolute atomic E-state index is 0.199. The SMILES string of the molecule is O=C(Nc1ccc(N2CCCCC2)c(F)c1)c1cccs1. The number of piperidine rings is 1. The molecule has 1 aromatic carbocycles. The normalized spacial score (nSPS) is 15.0. The number of carbonyl (C=O) groups is 1. The molecule has 110 valence electrons. The van der Waals surface area contributed by atoms with Crippen LogP contribution in [0.3, 0.4) is 0 Å². The Kier molecular flexibility index (Phi) is 4.20. The third-order valence-corrected chi connectivity index (χ3v) is 4.52. The van der Waals surface area contributed by atoms with Crippen LogP contribution in [0.15, 0.2) is 35.7 Å². The molecular formula is C16H17FN2OS. The maximum atomic E-state index is 14.2. The number of anilines is 2. The van der Waals surface area contributed by atoms with E-state index in [9.17, 15) is 9.18 Å². The summed E-state index contributed by atoms with van der Waals surface area (Å²) in [5.74, 6) is -0.476. The van der Waals surface area contributed by atoms with Crippen LogP contribution in [0.2, 0.25) is 0 Å². The molecule has 3 nitrogen and oxygen atoms in total. The van der Waals surface area contributed by atoms with Crippen molar-refractivity contribution in [2.24, 2.45) is 0 Å². The molecule has 0 saturated carbocycles. The molecule has 0 unspecified atom stereocenters. The van der Waals surface area contributed by atoms with Gasteiger partial charge in [0.25, 0.3) is 5.91 Å². The van der Waals surface area contributed by atoms with E-state index in [1.165, 1.54) is 23.8 Å². The zero-order valence-electron chi connectivity index (χ0n) is 11.6. The minimum Gasteiger partial charge on any atom is -0.369 e. The zero-order chi connectivity index (χ0) is 14.7. The average Bonchev–Trinajstić information content (AvgIpc) is 3.02. The molecule has 1 fully saturated rings. The van der Waals surface area contributed by atoms with Gasteiger partial charge in [0.2, 0.25) is 0 Å². The number of benzene rings is 1. The highest BCUT2D eigenvalue weighted by molar-refractivity contribution is 7.12. The Labute approximate surface area is 127 Å². The van der Waals surface area contributed by atoms with Crippen LogP contribution in [0, 0.1) is 5.82 Å². The van der Waals surface area contributed by atoms with Crippen molar-refractivity contribution >= 4 is 28.6 Å². The standard InChI is InChI=1S/C16H17FN2OS/c17-13-11-12(18-16(20)15-5-4-10-21-15)6-7-14(13)19-8-2-1-3-9-19/h4-7,10-11H,1-3,8-9H2,(H,18,20). The summed E-state index contributed by atoms with van der Waals surface area (Å²) in [5, 5.41) is 4.57. The van der Waals surface area contributed by atoms with Crippen LogP contribution in [-0.2, 0) is 0 Å². The highest BCUT2D eigenvalue weighted by Gasteiger charge is 2.15. The second-order valence-corrected chi connectivity index (χ2v) is 6.09. The Morgan fingerprint density at radius 3 is 2.67 bits per heavy atom. The maximum Gasteiger partial charge on any atom is 0.265 e. The molecule has 5 heteroatoms. The monoisotopic (exact) mass is 304 g/mol. The fourth-order valence-electron chi connectivity index (χ4n) is 2.58. The lowest BCUT2D eigenvalue weighted by atomic mass is 10.1. The van der Waals surface area contributed by atoms with Crippen molar-refractivity contribution < 1.29 is 9.18 Å². The van der Waals surface area contributed by atoms with E-state index in [1.54, 1.807) is 18.2 Å². The fraction of sp³-hybridized carbons (Fsp3) is 0.312. The van der Waals surface area contributed by atoms with Crippen LogP contribution in [-0.4, -0.2) is 19.0 Å². The summed E-state index contributed by atoms with van der Waals surface area (Å²) < 4.78 is 14.2. The van der Waals surface area contributed by atoms with Crippen molar-refractivity contribution in [3.05, 3.63) is 46.4 Å². The van der Waals surface area contributed by atoms with Gasteiger partial charge in [-0.05, 0) is 48.9 Å². The Morgan fingerprint density at radius 2 is 2.00 bits per heavy atom. The van der Waals surface area contributed by atoms with Crippen LogP contribution >= 0.6 is 11.3 Å². The summed E-state index contributed by atoms with van der Waals surface area (Å²) >= 11 is 1.37. The highest BCUT2D eigenvalue weighted by atomic mass is 32.1. The second kappa shape index (κ2) is 6.26. The van der Waals surface area contributed by atoms with Gasteiger partial charge in [0.15, 0.2) is 0 Å². The summed E-state index contributed by atoms with van der Waals surface area (Å²) in [6.07, 6.45) is 3.43. The zero-order valence-corrected chi connectivity index (χ0v) is 12.5. The van der Waals surface area contributed by atoms with Crippen LogP contribution < -0.4 is 10.2 Å². The number of hydrogen-bond acceptors (Lipinski definition) is 3. The summed E-state index contributed by atoms with van der Waals surface area (Å²) in [5.41, 5.74) is 1.12. The lowest BCUT2D eigenvalue weighted by Crippen LogP contribution is -2.30. The van der Waals surface area contributed by atoms with E-state index < -0.39 is 0 Å². The Bertz CT molecular complexity index is 621. The first-order valence-corrected chi connectivity index (χ1v) is 8.01. The van der Waals surface area contributed by atoms with E-state index in [1.807, 2.05) is 11.4 Å². The Balaban J connectivity index is 1.73. The van der Waals surface area contributed by atoms with Crippen molar-refractivity contribution in [1.29, 1.82) is 0 Å². The first kappa shape index (κ1) is 14.1. The number of halogens is 1. The van der Waals surface area contributed by atoms with E-state index in [2.05, 4.69) is 10.2 Å². The molecule has 21 heavy (non-hydrogen) atoms. The Morgan fingerprint density at radius 1 is 1.19 bits per heavy atom. The summed E-state index contributed by atoms with van der Waals surface area (Å²) in [4.78, 5) is 14.6. The first-order chi connectivity index (χ1) is 10.2. The molecule has 1 saturated heterocycles. The van der Waals surface area contributed by atoms with Gasteiger partial charge in [0, 0.05) is 18.8 Å². The van der Waals surface area contributed by atoms with Crippen LogP contribution in [0.1, 0.15) is 28.9 Å². The molecule has 1 aromatic heterocycles. The topological polar surface area (TPSA) is 32.3 Å². The largest absolute Gasteiger partial charge is 0.369 e. The number of thiophene rings is 1. The molecule has 1 amide bonds. The summed E-state index contributed by atoms with van der Waals surface area (Å²) in [7, 11) is 0. The average molecular weight is 304 g/mol. The van der Waals surface area contributed by atoms with Crippen LogP contribution in [0.4, 0.5) is 15.8 Å². The van der Waals surface area contributed by atoms with Gasteiger partial charge < -0.3 is 10.2 Å². The molecule has 0 spiro atoms. The van der Waals surface area contributed by atoms with E-state index >= 15 is 0 Å². The van der Waals surface area contributed by atoms with Crippen molar-refractivity contribution in [3.63, 3.8) is 0 Å². The molecule has 3 rings (SSSR count). The van der Waals surface area contributed by atoms with Gasteiger partial charge in [-0.25, -0.2) is 4.39 Å². The van der Waals surface area contributed by atoms with E-state index in [0.29, 0.717) is 16.3 Å². The van der Waals surface area contributed by atoms with Crippen LogP contribution in [0.25, 0.3) is 0 Å². The van der Waals surface area contributed by atoms with E-state index in [0.717, 1.165) is 25.9 Å². The predicted molar refractivity (Wildman–Crippen MR) is 84.7 cm³/mol. The van der Waals surface area contributed by atoms with Gasteiger partial charge in [-0.3, -0.25) is 4.79 Å². The lowest BCUT2D eigenvalue weighted by molar-refractivity contribution is 0.103. The summed E-state index contributed by atoms with van der Waals surface area (Å²) in [6, 6.07) is 8.48. The second-order valence-electron chi connectivity index (χ2n) is 5.15. The predicted octanol–water partition coefficient (Wildman–Crippen LogP) is 4.13. The van der Waals surface area contributed by atoms with Gasteiger partial charge in [-0.15, -0.1) is 11.3 Å². The minimum atomic E-state index is -0.277. The Hall–Kier alpha value is -1.88. The van der Waals surface area contributed by atoms with Gasteiger partial charge >= 0.3 is 0 Å². The number of nitrogens with one attached hydrogen (secondary N) is 1. The number of hydrogen-bond donors (Lipinski definition) is 1. The third-order valence-electron chi connectivity index (χ3n) is 3.65. The van der Waals surface area contributed by atoms with Crippen molar-refractivity contribution in [2.45, 2.75) is 19.3 Å². The number of carbonyl (C=O) groups excluding carboxylic acids is 1. The third kappa shape index (κ3) is 3.24. The molecule has 2 aromatic rings. The smallest absolute Gasteiger partial charge is 0.265 e. The molecule has 1 N–H and O–H groups in total. The van der Waals surface area contributed by atoms with Crippen molar-refractivity contribution in [1.82, 2.24) is 0 Å². The molecule has 1 aliphatic heterocycles. The maximum absolute atomic E-state index is 14.2. The van der Waals surface area contributed by atoms with Gasteiger partial charge in [0.1, 0.15) is 5.82 Å². The number of amides is 1. The van der Waals surface area contributed by atoms with Crippen molar-refractivity contribution in [2.75, 3.05) is 23.3 Å². The fourth-order valence-corrected chi connectivity index (χ4v) is 3.20. The number of rotatable bonds is 3. The van der Waals surface area contributed by atoms with Crippen LogP contribution in [0.5, 0.6) is 0 Å². The van der Waals surface area contributed by atoms with Gasteiger partial charge in [0.05, 0.1) is 10.6 Å². The molecule has 0 atom stereocenters. The number of nitrogens with zero attached hydrogens (tertiary/aromatic N) is 1. The molecular weight excluding hydrogens is 287 g/mol. The van der Waals surface area contributed by atoms with E-state index in [4.69, 9.17) is 0 Å². The molecule has 0 radical (unpaired) electrons. The molecule has 1 aliphatic rings. The first-order valence-electron chi connectivity index (χ1n) is 7.13. The van der Waals surface area contributed by atoms with Gasteiger partial charge in [-0.1, -0.05) is 6.07 Å². The van der Waals surface area contributed by atoms with E-state index in [-0.39, 0.29) is 11.7 Å². The molecule has 0 bridgehead atoms. The molecule has 0 aliphatic carbocycles. The quantitative estimate of drug-likeness (QED) is 0.924. The lowest BCUT2D eigenvalue weighted by Gasteiger charge is -2.29. The van der Waals surface area contributed by atoms with Crippen molar-refractivity contribution in [3.8, 4) is 0 Å².